The van der Waals surface area contributed by atoms with Gasteiger partial charge in [-0.3, -0.25) is 0 Å². The molecule has 0 aliphatic heterocycles. The summed E-state index contributed by atoms with van der Waals surface area (Å²) in [6.45, 7) is 12.8. The molecule has 0 spiro atoms. The summed E-state index contributed by atoms with van der Waals surface area (Å²) < 4.78 is 0. The van der Waals surface area contributed by atoms with Crippen molar-refractivity contribution >= 4 is 17.8 Å². The van der Waals surface area contributed by atoms with E-state index in [0.717, 1.165) is 19.5 Å². The molecule has 1 heterocycles. The van der Waals surface area contributed by atoms with Gasteiger partial charge >= 0.3 is 0 Å². The van der Waals surface area contributed by atoms with Crippen LogP contribution in [-0.2, 0) is 0 Å². The average molecular weight is 294 g/mol. The Bertz CT molecular complexity index is 438. The first-order valence-electron chi connectivity index (χ1n) is 7.65. The van der Waals surface area contributed by atoms with E-state index in [1.807, 2.05) is 19.0 Å². The topological polar surface area (TPSA) is 66.0 Å². The first kappa shape index (κ1) is 17.5. The Morgan fingerprint density at radius 1 is 1.05 bits per heavy atom. The summed E-state index contributed by atoms with van der Waals surface area (Å²) in [6.07, 6.45) is 1.03. The standard InChI is InChI=1S/C15H30N6/c1-8-9-16-12-18-13(20-14(19-12)21(6)7)17-10-11(2)15(3,4)5/h11H,8-10H2,1-7H3,(H2,16,17,18,19,20). The van der Waals surface area contributed by atoms with Crippen LogP contribution < -0.4 is 15.5 Å². The summed E-state index contributed by atoms with van der Waals surface area (Å²) in [7, 11) is 3.86. The van der Waals surface area contributed by atoms with Gasteiger partial charge in [0, 0.05) is 27.2 Å². The third-order valence-corrected chi connectivity index (χ3v) is 3.60. The molecule has 0 saturated carbocycles. The van der Waals surface area contributed by atoms with Gasteiger partial charge in [0.1, 0.15) is 0 Å². The second kappa shape index (κ2) is 7.43. The van der Waals surface area contributed by atoms with Crippen LogP contribution in [0.5, 0.6) is 0 Å². The third kappa shape index (κ3) is 5.73. The summed E-state index contributed by atoms with van der Waals surface area (Å²) in [5.41, 5.74) is 0.258. The van der Waals surface area contributed by atoms with Crippen molar-refractivity contribution in [3.8, 4) is 0 Å². The van der Waals surface area contributed by atoms with Crippen LogP contribution in [0.1, 0.15) is 41.0 Å². The SMILES string of the molecule is CCCNc1nc(NCC(C)C(C)(C)C)nc(N(C)C)n1. The molecule has 1 aromatic heterocycles. The number of nitrogens with zero attached hydrogens (tertiary/aromatic N) is 4. The van der Waals surface area contributed by atoms with Crippen LogP contribution in [0.25, 0.3) is 0 Å². The molecule has 1 aromatic rings. The molecule has 6 heteroatoms. The van der Waals surface area contributed by atoms with E-state index in [1.54, 1.807) is 0 Å². The molecule has 120 valence electrons. The van der Waals surface area contributed by atoms with Gasteiger partial charge in [-0.1, -0.05) is 34.6 Å². The van der Waals surface area contributed by atoms with Crippen molar-refractivity contribution in [2.75, 3.05) is 42.7 Å². The van der Waals surface area contributed by atoms with Crippen molar-refractivity contribution < 1.29 is 0 Å². The van der Waals surface area contributed by atoms with E-state index in [-0.39, 0.29) is 5.41 Å². The fourth-order valence-electron chi connectivity index (χ4n) is 1.51. The lowest BCUT2D eigenvalue weighted by Gasteiger charge is -2.27. The maximum Gasteiger partial charge on any atom is 0.231 e. The van der Waals surface area contributed by atoms with E-state index >= 15 is 0 Å². The lowest BCUT2D eigenvalue weighted by Crippen LogP contribution is -2.26. The van der Waals surface area contributed by atoms with Gasteiger partial charge in [-0.15, -0.1) is 0 Å². The summed E-state index contributed by atoms with van der Waals surface area (Å²) in [6, 6.07) is 0. The van der Waals surface area contributed by atoms with Crippen LogP contribution in [0, 0.1) is 11.3 Å². The molecule has 0 aliphatic rings. The molecule has 21 heavy (non-hydrogen) atoms. The average Bonchev–Trinajstić information content (AvgIpc) is 2.41. The predicted molar refractivity (Wildman–Crippen MR) is 90.0 cm³/mol. The Morgan fingerprint density at radius 2 is 1.62 bits per heavy atom. The molecular weight excluding hydrogens is 264 g/mol. The van der Waals surface area contributed by atoms with Crippen molar-refractivity contribution in [1.29, 1.82) is 0 Å². The molecule has 0 bridgehead atoms. The largest absolute Gasteiger partial charge is 0.354 e. The van der Waals surface area contributed by atoms with E-state index in [1.165, 1.54) is 0 Å². The molecule has 2 N–H and O–H groups in total. The highest BCUT2D eigenvalue weighted by Crippen LogP contribution is 2.25. The van der Waals surface area contributed by atoms with Gasteiger partial charge in [0.05, 0.1) is 0 Å². The highest BCUT2D eigenvalue weighted by Gasteiger charge is 2.20. The zero-order valence-corrected chi connectivity index (χ0v) is 14.5. The van der Waals surface area contributed by atoms with E-state index in [2.05, 4.69) is 60.2 Å². The van der Waals surface area contributed by atoms with Crippen molar-refractivity contribution in [3.05, 3.63) is 0 Å². The number of rotatable bonds is 7. The van der Waals surface area contributed by atoms with Crippen LogP contribution >= 0.6 is 0 Å². The minimum atomic E-state index is 0.258. The Hall–Kier alpha value is -1.59. The molecular formula is C15H30N6. The molecule has 0 aliphatic carbocycles. The number of hydrogen-bond donors (Lipinski definition) is 2. The fourth-order valence-corrected chi connectivity index (χ4v) is 1.51. The van der Waals surface area contributed by atoms with Gasteiger partial charge in [0.25, 0.3) is 0 Å². The van der Waals surface area contributed by atoms with Gasteiger partial charge in [-0.25, -0.2) is 0 Å². The van der Waals surface area contributed by atoms with Crippen LogP contribution in [0.2, 0.25) is 0 Å². The number of aromatic nitrogens is 3. The number of anilines is 3. The summed E-state index contributed by atoms with van der Waals surface area (Å²) in [4.78, 5) is 15.2. The monoisotopic (exact) mass is 294 g/mol. The van der Waals surface area contributed by atoms with E-state index in [9.17, 15) is 0 Å². The molecule has 1 unspecified atom stereocenters. The molecule has 0 radical (unpaired) electrons. The van der Waals surface area contributed by atoms with Crippen molar-refractivity contribution in [2.24, 2.45) is 11.3 Å². The lowest BCUT2D eigenvalue weighted by molar-refractivity contribution is 0.274. The molecule has 1 rings (SSSR count). The van der Waals surface area contributed by atoms with Crippen molar-refractivity contribution in [3.63, 3.8) is 0 Å². The number of hydrogen-bond acceptors (Lipinski definition) is 6. The molecule has 6 nitrogen and oxygen atoms in total. The molecule has 0 amide bonds. The second-order valence-electron chi connectivity index (χ2n) is 6.75. The smallest absolute Gasteiger partial charge is 0.231 e. The van der Waals surface area contributed by atoms with Crippen LogP contribution in [0.15, 0.2) is 0 Å². The Kier molecular flexibility index (Phi) is 6.18. The minimum Gasteiger partial charge on any atom is -0.354 e. The highest BCUT2D eigenvalue weighted by atomic mass is 15.3. The summed E-state index contributed by atoms with van der Waals surface area (Å²) >= 11 is 0. The highest BCUT2D eigenvalue weighted by molar-refractivity contribution is 5.42. The quantitative estimate of drug-likeness (QED) is 0.806. The molecule has 1 atom stereocenters. The first-order chi connectivity index (χ1) is 9.74. The maximum atomic E-state index is 4.45. The van der Waals surface area contributed by atoms with Gasteiger partial charge < -0.3 is 15.5 Å². The third-order valence-electron chi connectivity index (χ3n) is 3.60. The normalized spacial score (nSPS) is 12.9. The van der Waals surface area contributed by atoms with Crippen LogP contribution in [0.3, 0.4) is 0 Å². The summed E-state index contributed by atoms with van der Waals surface area (Å²) in [5.74, 6) is 2.43. The zero-order chi connectivity index (χ0) is 16.0. The van der Waals surface area contributed by atoms with Gasteiger partial charge in [0.2, 0.25) is 17.8 Å². The minimum absolute atomic E-state index is 0.258. The van der Waals surface area contributed by atoms with Crippen LogP contribution in [-0.4, -0.2) is 42.1 Å². The lowest BCUT2D eigenvalue weighted by atomic mass is 9.82. The fraction of sp³-hybridized carbons (Fsp3) is 0.800. The Labute approximate surface area is 128 Å². The Balaban J connectivity index is 2.82. The van der Waals surface area contributed by atoms with Gasteiger partial charge in [-0.05, 0) is 17.8 Å². The van der Waals surface area contributed by atoms with E-state index in [0.29, 0.717) is 23.8 Å². The number of nitrogens with one attached hydrogen (secondary N) is 2. The molecule has 0 saturated heterocycles. The second-order valence-corrected chi connectivity index (χ2v) is 6.75. The van der Waals surface area contributed by atoms with E-state index in [4.69, 9.17) is 0 Å². The first-order valence-corrected chi connectivity index (χ1v) is 7.65. The van der Waals surface area contributed by atoms with Crippen LogP contribution in [0.4, 0.5) is 17.8 Å². The maximum absolute atomic E-state index is 4.45. The van der Waals surface area contributed by atoms with Crippen molar-refractivity contribution in [1.82, 2.24) is 15.0 Å². The predicted octanol–water partition coefficient (Wildman–Crippen LogP) is 2.85. The summed E-state index contributed by atoms with van der Waals surface area (Å²) in [5, 5.41) is 6.55. The zero-order valence-electron chi connectivity index (χ0n) is 14.5. The molecule has 0 aromatic carbocycles. The Morgan fingerprint density at radius 3 is 2.10 bits per heavy atom. The molecule has 0 fully saturated rings. The van der Waals surface area contributed by atoms with Crippen molar-refractivity contribution in [2.45, 2.75) is 41.0 Å². The van der Waals surface area contributed by atoms with E-state index < -0.39 is 0 Å². The van der Waals surface area contributed by atoms with Gasteiger partial charge in [-0.2, -0.15) is 15.0 Å². The van der Waals surface area contributed by atoms with Gasteiger partial charge in [0.15, 0.2) is 0 Å².